The molecule has 11 heavy (non-hydrogen) atoms. The summed E-state index contributed by atoms with van der Waals surface area (Å²) in [4.78, 5) is 10.5. The third-order valence-corrected chi connectivity index (χ3v) is 1.27. The standard InChI is InChI=1S/C5H11NO5/c6-5(11,3(9)1-7)4(10)2-8/h3,7-9,11H,1-2,6H2/t3-,5-/m1/s1. The zero-order valence-electron chi connectivity index (χ0n) is 5.77. The van der Waals surface area contributed by atoms with Gasteiger partial charge in [-0.05, 0) is 0 Å². The van der Waals surface area contributed by atoms with E-state index in [1.165, 1.54) is 0 Å². The van der Waals surface area contributed by atoms with E-state index in [-0.39, 0.29) is 0 Å². The summed E-state index contributed by atoms with van der Waals surface area (Å²) < 4.78 is 0. The lowest BCUT2D eigenvalue weighted by Crippen LogP contribution is -2.59. The van der Waals surface area contributed by atoms with Crippen LogP contribution < -0.4 is 5.73 Å². The molecule has 0 amide bonds. The molecule has 0 heterocycles. The van der Waals surface area contributed by atoms with Crippen molar-refractivity contribution in [2.75, 3.05) is 13.2 Å². The maximum absolute atomic E-state index is 10.5. The van der Waals surface area contributed by atoms with Gasteiger partial charge in [-0.15, -0.1) is 0 Å². The number of hydrogen-bond acceptors (Lipinski definition) is 6. The fourth-order valence-corrected chi connectivity index (χ4v) is 0.452. The van der Waals surface area contributed by atoms with Gasteiger partial charge in [0.1, 0.15) is 12.7 Å². The Hall–Kier alpha value is -0.530. The van der Waals surface area contributed by atoms with Crippen molar-refractivity contribution in [3.63, 3.8) is 0 Å². The number of nitrogens with two attached hydrogens (primary N) is 1. The van der Waals surface area contributed by atoms with Crippen LogP contribution in [0.1, 0.15) is 0 Å². The van der Waals surface area contributed by atoms with E-state index < -0.39 is 30.8 Å². The summed E-state index contributed by atoms with van der Waals surface area (Å²) in [6.45, 7) is -1.83. The molecule has 0 fully saturated rings. The SMILES string of the molecule is N[C@](O)(C(=O)CO)[C@H](O)CO. The van der Waals surface area contributed by atoms with Crippen molar-refractivity contribution in [2.45, 2.75) is 11.8 Å². The van der Waals surface area contributed by atoms with Gasteiger partial charge in [-0.2, -0.15) is 0 Å². The predicted molar refractivity (Wildman–Crippen MR) is 34.3 cm³/mol. The van der Waals surface area contributed by atoms with E-state index >= 15 is 0 Å². The number of carbonyl (C=O) groups excluding carboxylic acids is 1. The van der Waals surface area contributed by atoms with Crippen LogP contribution in [0.3, 0.4) is 0 Å². The first-order valence-electron chi connectivity index (χ1n) is 2.91. The van der Waals surface area contributed by atoms with Crippen molar-refractivity contribution in [1.82, 2.24) is 0 Å². The molecule has 0 aliphatic carbocycles. The molecule has 0 bridgehead atoms. The van der Waals surface area contributed by atoms with Crippen LogP contribution in [0.4, 0.5) is 0 Å². The van der Waals surface area contributed by atoms with E-state index in [0.717, 1.165) is 0 Å². The zero-order valence-corrected chi connectivity index (χ0v) is 5.77. The van der Waals surface area contributed by atoms with Crippen LogP contribution in [0.2, 0.25) is 0 Å². The summed E-state index contributed by atoms with van der Waals surface area (Å²) in [5.74, 6) is -1.14. The lowest BCUT2D eigenvalue weighted by Gasteiger charge is -2.24. The number of ketones is 1. The van der Waals surface area contributed by atoms with Gasteiger partial charge in [-0.25, -0.2) is 0 Å². The second-order valence-corrected chi connectivity index (χ2v) is 2.11. The number of Topliss-reactive ketones (excluding diaryl/α,β-unsaturated/α-hetero) is 1. The lowest BCUT2D eigenvalue weighted by atomic mass is 10.0. The molecule has 0 unspecified atom stereocenters. The Morgan fingerprint density at radius 3 is 2.27 bits per heavy atom. The van der Waals surface area contributed by atoms with Crippen molar-refractivity contribution in [2.24, 2.45) is 5.73 Å². The zero-order chi connectivity index (χ0) is 9.07. The number of hydrogen-bond donors (Lipinski definition) is 5. The summed E-state index contributed by atoms with van der Waals surface area (Å²) >= 11 is 0. The normalized spacial score (nSPS) is 19.0. The van der Waals surface area contributed by atoms with E-state index in [0.29, 0.717) is 0 Å². The van der Waals surface area contributed by atoms with Crippen molar-refractivity contribution >= 4 is 5.78 Å². The Balaban J connectivity index is 4.31. The van der Waals surface area contributed by atoms with E-state index in [1.54, 1.807) is 0 Å². The minimum absolute atomic E-state index is 0.848. The van der Waals surface area contributed by atoms with Crippen LogP contribution in [0.25, 0.3) is 0 Å². The van der Waals surface area contributed by atoms with Gasteiger partial charge in [0.15, 0.2) is 0 Å². The molecule has 6 nitrogen and oxygen atoms in total. The average molecular weight is 165 g/mol. The van der Waals surface area contributed by atoms with E-state index in [2.05, 4.69) is 0 Å². The second-order valence-electron chi connectivity index (χ2n) is 2.11. The van der Waals surface area contributed by atoms with Crippen molar-refractivity contribution in [3.05, 3.63) is 0 Å². The van der Waals surface area contributed by atoms with Crippen LogP contribution in [-0.2, 0) is 4.79 Å². The summed E-state index contributed by atoms with van der Waals surface area (Å²) in [5.41, 5.74) is 2.29. The van der Waals surface area contributed by atoms with Gasteiger partial charge < -0.3 is 20.4 Å². The molecule has 2 atom stereocenters. The van der Waals surface area contributed by atoms with Crippen LogP contribution in [0.15, 0.2) is 0 Å². The Labute approximate surface area is 62.9 Å². The van der Waals surface area contributed by atoms with E-state index in [1.807, 2.05) is 0 Å². The lowest BCUT2D eigenvalue weighted by molar-refractivity contribution is -0.155. The van der Waals surface area contributed by atoms with Gasteiger partial charge in [0, 0.05) is 0 Å². The maximum Gasteiger partial charge on any atom is 0.207 e. The van der Waals surface area contributed by atoms with Gasteiger partial charge in [0.05, 0.1) is 6.61 Å². The second kappa shape index (κ2) is 3.74. The molecule has 66 valence electrons. The van der Waals surface area contributed by atoms with Crippen LogP contribution >= 0.6 is 0 Å². The molecule has 0 aliphatic rings. The maximum atomic E-state index is 10.5. The highest BCUT2D eigenvalue weighted by atomic mass is 16.4. The molecule has 0 rings (SSSR count). The summed E-state index contributed by atoms with van der Waals surface area (Å²) in [7, 11) is 0. The minimum atomic E-state index is -2.57. The van der Waals surface area contributed by atoms with E-state index in [9.17, 15) is 4.79 Å². The minimum Gasteiger partial charge on any atom is -0.393 e. The van der Waals surface area contributed by atoms with Crippen LogP contribution in [-0.4, -0.2) is 51.3 Å². The van der Waals surface area contributed by atoms with Gasteiger partial charge in [-0.1, -0.05) is 0 Å². The molecule has 0 aromatic rings. The number of aliphatic hydroxyl groups excluding tert-OH is 3. The predicted octanol–water partition coefficient (Wildman–Crippen LogP) is -3.45. The first kappa shape index (κ1) is 10.5. The summed E-state index contributed by atoms with van der Waals surface area (Å²) in [6.07, 6.45) is -1.78. The van der Waals surface area contributed by atoms with Crippen molar-refractivity contribution < 1.29 is 25.2 Å². The smallest absolute Gasteiger partial charge is 0.207 e. The Kier molecular flexibility index (Phi) is 3.56. The first-order chi connectivity index (χ1) is 4.96. The van der Waals surface area contributed by atoms with Crippen molar-refractivity contribution in [1.29, 1.82) is 0 Å². The molecule has 6 heteroatoms. The van der Waals surface area contributed by atoms with Gasteiger partial charge in [0.2, 0.25) is 11.5 Å². The third kappa shape index (κ3) is 2.21. The molecule has 0 saturated heterocycles. The molecule has 0 saturated carbocycles. The average Bonchev–Trinajstić information content (AvgIpc) is 2.01. The van der Waals surface area contributed by atoms with E-state index in [4.69, 9.17) is 26.2 Å². The Bertz CT molecular complexity index is 146. The highest BCUT2D eigenvalue weighted by Gasteiger charge is 2.37. The first-order valence-corrected chi connectivity index (χ1v) is 2.91. The monoisotopic (exact) mass is 165 g/mol. The summed E-state index contributed by atoms with van der Waals surface area (Å²) in [6, 6.07) is 0. The number of rotatable bonds is 4. The topological polar surface area (TPSA) is 124 Å². The third-order valence-electron chi connectivity index (χ3n) is 1.27. The summed E-state index contributed by atoms with van der Waals surface area (Å²) in [5, 5.41) is 34.2. The molecule has 0 aromatic carbocycles. The molecule has 0 aliphatic heterocycles. The molecule has 0 aromatic heterocycles. The molecule has 0 spiro atoms. The van der Waals surface area contributed by atoms with Crippen LogP contribution in [0, 0.1) is 0 Å². The quantitative estimate of drug-likeness (QED) is 0.276. The molecule has 6 N–H and O–H groups in total. The van der Waals surface area contributed by atoms with Crippen molar-refractivity contribution in [3.8, 4) is 0 Å². The fraction of sp³-hybridized carbons (Fsp3) is 0.800. The Morgan fingerprint density at radius 2 is 2.00 bits per heavy atom. The number of aliphatic hydroxyl groups is 4. The van der Waals surface area contributed by atoms with Gasteiger partial charge >= 0.3 is 0 Å². The van der Waals surface area contributed by atoms with Gasteiger partial charge in [-0.3, -0.25) is 10.5 Å². The Morgan fingerprint density at radius 1 is 1.55 bits per heavy atom. The molecular weight excluding hydrogens is 154 g/mol. The fourth-order valence-electron chi connectivity index (χ4n) is 0.452. The molecule has 0 radical (unpaired) electrons. The highest BCUT2D eigenvalue weighted by molar-refractivity contribution is 5.87. The highest BCUT2D eigenvalue weighted by Crippen LogP contribution is 2.03. The number of carbonyl (C=O) groups is 1. The largest absolute Gasteiger partial charge is 0.393 e. The molecular formula is C5H11NO5. The van der Waals surface area contributed by atoms with Gasteiger partial charge in [0.25, 0.3) is 0 Å². The van der Waals surface area contributed by atoms with Crippen LogP contribution in [0.5, 0.6) is 0 Å².